The maximum atomic E-state index is 12.7. The van der Waals surface area contributed by atoms with Gasteiger partial charge in [-0.3, -0.25) is 4.79 Å². The molecule has 1 aromatic heterocycles. The highest BCUT2D eigenvalue weighted by Gasteiger charge is 2.30. The highest BCUT2D eigenvalue weighted by atomic mass is 19.4. The zero-order chi connectivity index (χ0) is 21.9. The number of allylic oxidation sites excluding steroid dienone is 1. The van der Waals surface area contributed by atoms with E-state index in [1.54, 1.807) is 19.1 Å². The lowest BCUT2D eigenvalue weighted by molar-refractivity contribution is -0.137. The van der Waals surface area contributed by atoms with E-state index in [0.29, 0.717) is 22.8 Å². The van der Waals surface area contributed by atoms with Crippen LogP contribution in [0.25, 0.3) is 17.5 Å². The van der Waals surface area contributed by atoms with Crippen molar-refractivity contribution in [2.75, 3.05) is 0 Å². The van der Waals surface area contributed by atoms with Gasteiger partial charge in [-0.2, -0.15) is 13.2 Å². The van der Waals surface area contributed by atoms with E-state index in [1.807, 2.05) is 19.1 Å². The molecular weight excluding hydrogens is 395 g/mol. The van der Waals surface area contributed by atoms with E-state index < -0.39 is 11.7 Å². The van der Waals surface area contributed by atoms with Crippen LogP contribution in [0.1, 0.15) is 35.1 Å². The van der Waals surface area contributed by atoms with E-state index in [2.05, 4.69) is 4.98 Å². The summed E-state index contributed by atoms with van der Waals surface area (Å²) >= 11 is 0. The summed E-state index contributed by atoms with van der Waals surface area (Å²) in [6, 6.07) is 10.1. The summed E-state index contributed by atoms with van der Waals surface area (Å²) in [6.45, 7) is 5.27. The Morgan fingerprint density at radius 1 is 1.13 bits per heavy atom. The van der Waals surface area contributed by atoms with Crippen LogP contribution in [-0.4, -0.2) is 10.8 Å². The van der Waals surface area contributed by atoms with Crippen LogP contribution in [-0.2, 0) is 17.6 Å². The number of alkyl halides is 3. The van der Waals surface area contributed by atoms with Gasteiger partial charge in [0.1, 0.15) is 12.4 Å². The van der Waals surface area contributed by atoms with Crippen molar-refractivity contribution in [3.63, 3.8) is 0 Å². The normalized spacial score (nSPS) is 11.8. The highest BCUT2D eigenvalue weighted by molar-refractivity contribution is 5.91. The Labute approximate surface area is 172 Å². The molecule has 3 aromatic rings. The molecule has 1 heterocycles. The first-order chi connectivity index (χ1) is 14.1. The van der Waals surface area contributed by atoms with Crippen LogP contribution >= 0.6 is 0 Å². The fourth-order valence-corrected chi connectivity index (χ4v) is 2.77. The summed E-state index contributed by atoms with van der Waals surface area (Å²) in [4.78, 5) is 15.4. The molecule has 0 N–H and O–H groups in total. The molecule has 0 spiro atoms. The summed E-state index contributed by atoms with van der Waals surface area (Å²) in [7, 11) is 0. The lowest BCUT2D eigenvalue weighted by atomic mass is 10.1. The third kappa shape index (κ3) is 5.17. The number of carbonyl (C=O) groups is 1. The predicted molar refractivity (Wildman–Crippen MR) is 107 cm³/mol. The van der Waals surface area contributed by atoms with Gasteiger partial charge in [0.05, 0.1) is 11.3 Å². The number of oxazole rings is 1. The third-order valence-electron chi connectivity index (χ3n) is 4.46. The Kier molecular flexibility index (Phi) is 6.10. The number of nitrogens with zero attached hydrogens (tertiary/aromatic N) is 1. The first-order valence-electron chi connectivity index (χ1n) is 9.19. The Balaban J connectivity index is 1.71. The van der Waals surface area contributed by atoms with Crippen LogP contribution in [0.2, 0.25) is 0 Å². The van der Waals surface area contributed by atoms with E-state index in [1.165, 1.54) is 25.1 Å². The molecule has 2 aromatic carbocycles. The van der Waals surface area contributed by atoms with Crippen molar-refractivity contribution in [2.24, 2.45) is 0 Å². The molecule has 0 aliphatic carbocycles. The number of hydrogen-bond acceptors (Lipinski definition) is 4. The minimum atomic E-state index is -4.39. The predicted octanol–water partition coefficient (Wildman–Crippen LogP) is 6.16. The number of aryl methyl sites for hydroxylation is 2. The molecular formula is C23H20F3NO3. The second-order valence-electron chi connectivity index (χ2n) is 6.85. The van der Waals surface area contributed by atoms with Crippen molar-refractivity contribution in [1.82, 2.24) is 4.98 Å². The molecule has 0 bridgehead atoms. The lowest BCUT2D eigenvalue weighted by Crippen LogP contribution is -2.03. The Morgan fingerprint density at radius 3 is 2.43 bits per heavy atom. The summed E-state index contributed by atoms with van der Waals surface area (Å²) < 4.78 is 49.6. The van der Waals surface area contributed by atoms with Crippen LogP contribution < -0.4 is 4.74 Å². The van der Waals surface area contributed by atoms with Gasteiger partial charge in [0.15, 0.2) is 11.5 Å². The van der Waals surface area contributed by atoms with Gasteiger partial charge in [-0.1, -0.05) is 12.1 Å². The molecule has 0 saturated carbocycles. The molecule has 3 rings (SSSR count). The Bertz CT molecular complexity index is 1080. The van der Waals surface area contributed by atoms with E-state index >= 15 is 0 Å². The van der Waals surface area contributed by atoms with Crippen molar-refractivity contribution >= 4 is 11.9 Å². The van der Waals surface area contributed by atoms with Crippen molar-refractivity contribution in [1.29, 1.82) is 0 Å². The second kappa shape index (κ2) is 8.57. The number of aromatic nitrogens is 1. The highest BCUT2D eigenvalue weighted by Crippen LogP contribution is 2.31. The number of rotatable bonds is 6. The zero-order valence-corrected chi connectivity index (χ0v) is 16.7. The van der Waals surface area contributed by atoms with Crippen LogP contribution in [0, 0.1) is 13.8 Å². The summed E-state index contributed by atoms with van der Waals surface area (Å²) in [5.74, 6) is 1.32. The molecule has 0 saturated heterocycles. The number of ketones is 1. The molecule has 156 valence electrons. The quantitative estimate of drug-likeness (QED) is 0.453. The zero-order valence-electron chi connectivity index (χ0n) is 16.7. The third-order valence-corrected chi connectivity index (χ3v) is 4.46. The lowest BCUT2D eigenvalue weighted by Gasteiger charge is -2.07. The van der Waals surface area contributed by atoms with Crippen molar-refractivity contribution in [3.8, 4) is 17.2 Å². The molecule has 0 aliphatic heterocycles. The first kappa shape index (κ1) is 21.4. The minimum Gasteiger partial charge on any atom is -0.486 e. The largest absolute Gasteiger partial charge is 0.486 e. The summed E-state index contributed by atoms with van der Waals surface area (Å²) in [6.07, 6.45) is -1.14. The number of carbonyl (C=O) groups excluding carboxylic acids is 1. The van der Waals surface area contributed by atoms with Crippen LogP contribution in [0.3, 0.4) is 0 Å². The van der Waals surface area contributed by atoms with Crippen LogP contribution in [0.5, 0.6) is 5.75 Å². The monoisotopic (exact) mass is 415 g/mol. The van der Waals surface area contributed by atoms with Crippen LogP contribution in [0.4, 0.5) is 13.2 Å². The molecule has 0 radical (unpaired) electrons. The molecule has 0 unspecified atom stereocenters. The fraction of sp³-hybridized carbons (Fsp3) is 0.217. The Morgan fingerprint density at radius 2 is 1.83 bits per heavy atom. The van der Waals surface area contributed by atoms with Gasteiger partial charge >= 0.3 is 6.18 Å². The van der Waals surface area contributed by atoms with Gasteiger partial charge in [0, 0.05) is 5.56 Å². The Hall–Kier alpha value is -3.35. The van der Waals surface area contributed by atoms with E-state index in [0.717, 1.165) is 23.3 Å². The van der Waals surface area contributed by atoms with Gasteiger partial charge in [-0.05, 0) is 74.4 Å². The number of halogens is 3. The smallest absolute Gasteiger partial charge is 0.416 e. The fourth-order valence-electron chi connectivity index (χ4n) is 2.77. The van der Waals surface area contributed by atoms with Crippen LogP contribution in [0.15, 0.2) is 53.0 Å². The van der Waals surface area contributed by atoms with Gasteiger partial charge in [0.25, 0.3) is 0 Å². The second-order valence-corrected chi connectivity index (χ2v) is 6.85. The molecule has 0 atom stereocenters. The number of ether oxygens (including phenoxy) is 1. The summed E-state index contributed by atoms with van der Waals surface area (Å²) in [5, 5.41) is 0. The minimum absolute atomic E-state index is 0.0284. The molecule has 0 aliphatic rings. The topological polar surface area (TPSA) is 52.3 Å². The average Bonchev–Trinajstić information content (AvgIpc) is 3.05. The van der Waals surface area contributed by atoms with E-state index in [4.69, 9.17) is 9.15 Å². The molecule has 0 amide bonds. The summed E-state index contributed by atoms with van der Waals surface area (Å²) in [5.41, 5.74) is 2.19. The van der Waals surface area contributed by atoms with Crippen molar-refractivity contribution in [2.45, 2.75) is 33.6 Å². The molecule has 30 heavy (non-hydrogen) atoms. The van der Waals surface area contributed by atoms with Gasteiger partial charge in [-0.15, -0.1) is 0 Å². The van der Waals surface area contributed by atoms with E-state index in [-0.39, 0.29) is 18.3 Å². The SMILES string of the molecule is CC(=O)/C=C/c1ccc(OCc2oc(-c3ccc(C(F)(F)F)cc3)nc2C)cc1C. The van der Waals surface area contributed by atoms with E-state index in [9.17, 15) is 18.0 Å². The maximum absolute atomic E-state index is 12.7. The van der Waals surface area contributed by atoms with Gasteiger partial charge < -0.3 is 9.15 Å². The van der Waals surface area contributed by atoms with Crippen molar-refractivity contribution < 1.29 is 27.1 Å². The van der Waals surface area contributed by atoms with Crippen molar-refractivity contribution in [3.05, 3.63) is 76.7 Å². The molecule has 4 nitrogen and oxygen atoms in total. The maximum Gasteiger partial charge on any atom is 0.416 e. The number of benzene rings is 2. The molecule has 7 heteroatoms. The van der Waals surface area contributed by atoms with Gasteiger partial charge in [-0.25, -0.2) is 4.98 Å². The standard InChI is InChI=1S/C23H20F3NO3/c1-14-12-20(11-8-17(14)5-4-15(2)28)29-13-21-16(3)27-22(30-21)18-6-9-19(10-7-18)23(24,25)26/h4-12H,13H2,1-3H3/b5-4+. The van der Waals surface area contributed by atoms with Gasteiger partial charge in [0.2, 0.25) is 5.89 Å². The first-order valence-corrected chi connectivity index (χ1v) is 9.19. The average molecular weight is 415 g/mol. The number of hydrogen-bond donors (Lipinski definition) is 0. The molecule has 0 fully saturated rings.